The third-order valence-corrected chi connectivity index (χ3v) is 10.3. The van der Waals surface area contributed by atoms with Crippen molar-refractivity contribution in [3.05, 3.63) is 83.4 Å². The lowest BCUT2D eigenvalue weighted by Crippen LogP contribution is -2.40. The number of Topliss-reactive ketones (excluding diaryl/α,β-unsaturated/α-hetero) is 1. The number of nitrogens with zero attached hydrogens (tertiary/aromatic N) is 1. The number of benzene rings is 3. The molecule has 4 aliphatic rings. The summed E-state index contributed by atoms with van der Waals surface area (Å²) < 4.78 is 36.6. The smallest absolute Gasteiger partial charge is 0.199 e. The third kappa shape index (κ3) is 9.15. The van der Waals surface area contributed by atoms with E-state index in [0.29, 0.717) is 49.7 Å². The SMILES string of the molecule is C[C@@H]1CCN(CCOc2ccc(CC3Oc4cc(OC5CCCCO5)ccc4C(=O)C3Cc3ccc(OCC4CCCCO4)cc3)cc2)C1. The van der Waals surface area contributed by atoms with Crippen LogP contribution in [-0.2, 0) is 22.3 Å². The molecule has 0 aromatic heterocycles. The van der Waals surface area contributed by atoms with Crippen LogP contribution in [0.25, 0.3) is 0 Å². The molecule has 3 aromatic rings. The molecule has 0 amide bonds. The van der Waals surface area contributed by atoms with Crippen LogP contribution in [0.2, 0.25) is 0 Å². The fourth-order valence-corrected chi connectivity index (χ4v) is 7.43. The van der Waals surface area contributed by atoms with Gasteiger partial charge in [0.25, 0.3) is 0 Å². The van der Waals surface area contributed by atoms with Crippen LogP contribution in [0.3, 0.4) is 0 Å². The van der Waals surface area contributed by atoms with Crippen LogP contribution in [0, 0.1) is 11.8 Å². The molecule has 5 atom stereocenters. The van der Waals surface area contributed by atoms with Gasteiger partial charge in [0.2, 0.25) is 0 Å². The molecule has 0 N–H and O–H groups in total. The van der Waals surface area contributed by atoms with Gasteiger partial charge in [0.05, 0.1) is 24.2 Å². The first-order valence-electron chi connectivity index (χ1n) is 18.5. The lowest BCUT2D eigenvalue weighted by molar-refractivity contribution is -0.106. The van der Waals surface area contributed by atoms with Crippen molar-refractivity contribution in [2.24, 2.45) is 11.8 Å². The second-order valence-electron chi connectivity index (χ2n) is 14.2. The highest BCUT2D eigenvalue weighted by Crippen LogP contribution is 2.37. The molecule has 4 unspecified atom stereocenters. The maximum absolute atomic E-state index is 14.2. The summed E-state index contributed by atoms with van der Waals surface area (Å²) in [6.45, 7) is 8.34. The van der Waals surface area contributed by atoms with Crippen LogP contribution < -0.4 is 18.9 Å². The number of ketones is 1. The Bertz CT molecular complexity index is 1500. The van der Waals surface area contributed by atoms with Crippen LogP contribution in [0.15, 0.2) is 66.7 Å². The van der Waals surface area contributed by atoms with Crippen molar-refractivity contribution in [2.75, 3.05) is 46.1 Å². The Morgan fingerprint density at radius 3 is 2.18 bits per heavy atom. The standard InChI is InChI=1S/C41H51NO7/c1-29-18-19-42(27-29)20-23-45-32-12-10-31(11-13-32)25-38-37(24-30-8-14-33(15-9-30)47-28-35-6-2-4-21-44-35)41(43)36-17-16-34(26-39(36)49-38)48-40-7-3-5-22-46-40/h8-17,26,29,35,37-38,40H,2-7,18-25,27-28H2,1H3/t29-,35?,37?,38?,40?/m1/s1. The number of carbonyl (C=O) groups is 1. The molecule has 49 heavy (non-hydrogen) atoms. The highest BCUT2D eigenvalue weighted by molar-refractivity contribution is 6.02. The zero-order valence-corrected chi connectivity index (χ0v) is 28.9. The molecule has 0 bridgehead atoms. The summed E-state index contributed by atoms with van der Waals surface area (Å²) in [6, 6.07) is 21.9. The average Bonchev–Trinajstić information content (AvgIpc) is 3.55. The first kappa shape index (κ1) is 33.9. The zero-order chi connectivity index (χ0) is 33.4. The van der Waals surface area contributed by atoms with Crippen molar-refractivity contribution in [3.8, 4) is 23.0 Å². The van der Waals surface area contributed by atoms with Crippen molar-refractivity contribution < 1.29 is 33.2 Å². The van der Waals surface area contributed by atoms with Gasteiger partial charge in [0.1, 0.15) is 42.3 Å². The monoisotopic (exact) mass is 669 g/mol. The largest absolute Gasteiger partial charge is 0.492 e. The van der Waals surface area contributed by atoms with Gasteiger partial charge in [-0.1, -0.05) is 31.2 Å². The molecular formula is C41H51NO7. The Morgan fingerprint density at radius 2 is 1.49 bits per heavy atom. The molecule has 7 rings (SSSR count). The van der Waals surface area contributed by atoms with E-state index in [-0.39, 0.29) is 30.2 Å². The van der Waals surface area contributed by atoms with Crippen molar-refractivity contribution in [1.29, 1.82) is 0 Å². The van der Waals surface area contributed by atoms with E-state index >= 15 is 0 Å². The summed E-state index contributed by atoms with van der Waals surface area (Å²) >= 11 is 0. The predicted octanol–water partition coefficient (Wildman–Crippen LogP) is 7.31. The maximum Gasteiger partial charge on any atom is 0.199 e. The van der Waals surface area contributed by atoms with E-state index in [1.807, 2.05) is 42.5 Å². The summed E-state index contributed by atoms with van der Waals surface area (Å²) in [5, 5.41) is 0. The van der Waals surface area contributed by atoms with Crippen LogP contribution >= 0.6 is 0 Å². The fraction of sp³-hybridized carbons (Fsp3) is 0.537. The number of fused-ring (bicyclic) bond motifs is 1. The molecule has 3 saturated heterocycles. The highest BCUT2D eigenvalue weighted by Gasteiger charge is 2.38. The molecule has 0 aliphatic carbocycles. The third-order valence-electron chi connectivity index (χ3n) is 10.3. The summed E-state index contributed by atoms with van der Waals surface area (Å²) in [7, 11) is 0. The average molecular weight is 670 g/mol. The van der Waals surface area contributed by atoms with Crippen molar-refractivity contribution >= 4 is 5.78 Å². The minimum absolute atomic E-state index is 0.0951. The van der Waals surface area contributed by atoms with Crippen molar-refractivity contribution in [2.45, 2.75) is 83.2 Å². The normalized spacial score (nSPS) is 25.7. The molecule has 262 valence electrons. The van der Waals surface area contributed by atoms with E-state index in [0.717, 1.165) is 86.9 Å². The molecule has 0 spiro atoms. The van der Waals surface area contributed by atoms with E-state index < -0.39 is 0 Å². The Labute approximate surface area is 291 Å². The van der Waals surface area contributed by atoms with E-state index in [4.69, 9.17) is 28.4 Å². The Morgan fingerprint density at radius 1 is 0.776 bits per heavy atom. The van der Waals surface area contributed by atoms with Gasteiger partial charge in [0.15, 0.2) is 12.1 Å². The summed E-state index contributed by atoms with van der Waals surface area (Å²) in [6.07, 6.45) is 8.34. The number of likely N-dealkylation sites (tertiary alicyclic amines) is 1. The van der Waals surface area contributed by atoms with Gasteiger partial charge in [-0.2, -0.15) is 0 Å². The minimum Gasteiger partial charge on any atom is -0.492 e. The first-order valence-corrected chi connectivity index (χ1v) is 18.5. The molecule has 8 nitrogen and oxygen atoms in total. The number of carbonyl (C=O) groups excluding carboxylic acids is 1. The molecule has 8 heteroatoms. The highest BCUT2D eigenvalue weighted by atomic mass is 16.7. The van der Waals surface area contributed by atoms with Crippen LogP contribution in [0.5, 0.6) is 23.0 Å². The molecule has 3 aromatic carbocycles. The number of hydrogen-bond donors (Lipinski definition) is 0. The molecule has 4 aliphatic heterocycles. The number of ether oxygens (including phenoxy) is 6. The maximum atomic E-state index is 14.2. The van der Waals surface area contributed by atoms with Gasteiger partial charge >= 0.3 is 0 Å². The van der Waals surface area contributed by atoms with Gasteiger partial charge in [-0.3, -0.25) is 9.69 Å². The molecular weight excluding hydrogens is 618 g/mol. The summed E-state index contributed by atoms with van der Waals surface area (Å²) in [5.74, 6) is 3.44. The van der Waals surface area contributed by atoms with E-state index in [9.17, 15) is 4.79 Å². The Hall–Kier alpha value is -3.59. The summed E-state index contributed by atoms with van der Waals surface area (Å²) in [4.78, 5) is 16.6. The van der Waals surface area contributed by atoms with Crippen LogP contribution in [0.1, 0.15) is 73.4 Å². The number of rotatable bonds is 13. The van der Waals surface area contributed by atoms with Crippen LogP contribution in [-0.4, -0.2) is 75.2 Å². The lowest BCUT2D eigenvalue weighted by atomic mass is 9.82. The minimum atomic E-state index is -0.345. The van der Waals surface area contributed by atoms with E-state index in [1.54, 1.807) is 0 Å². The Balaban J connectivity index is 1.03. The fourth-order valence-electron chi connectivity index (χ4n) is 7.43. The van der Waals surface area contributed by atoms with Gasteiger partial charge in [-0.25, -0.2) is 0 Å². The molecule has 0 saturated carbocycles. The molecule has 3 fully saturated rings. The number of hydrogen-bond acceptors (Lipinski definition) is 8. The second kappa shape index (κ2) is 16.4. The van der Waals surface area contributed by atoms with Gasteiger partial charge in [-0.15, -0.1) is 0 Å². The van der Waals surface area contributed by atoms with Gasteiger partial charge < -0.3 is 28.4 Å². The quantitative estimate of drug-likeness (QED) is 0.188. The summed E-state index contributed by atoms with van der Waals surface area (Å²) in [5.41, 5.74) is 2.77. The van der Waals surface area contributed by atoms with Crippen molar-refractivity contribution in [1.82, 2.24) is 4.90 Å². The van der Waals surface area contributed by atoms with E-state index in [2.05, 4.69) is 36.1 Å². The van der Waals surface area contributed by atoms with Gasteiger partial charge in [0, 0.05) is 38.6 Å². The van der Waals surface area contributed by atoms with Gasteiger partial charge in [-0.05, 0) is 105 Å². The van der Waals surface area contributed by atoms with E-state index in [1.165, 1.54) is 12.8 Å². The van der Waals surface area contributed by atoms with Crippen LogP contribution in [0.4, 0.5) is 0 Å². The van der Waals surface area contributed by atoms with Crippen molar-refractivity contribution in [3.63, 3.8) is 0 Å². The Kier molecular flexibility index (Phi) is 11.3. The first-order chi connectivity index (χ1) is 24.1. The topological polar surface area (TPSA) is 75.7 Å². The lowest BCUT2D eigenvalue weighted by Gasteiger charge is -2.33. The zero-order valence-electron chi connectivity index (χ0n) is 28.9. The second-order valence-corrected chi connectivity index (χ2v) is 14.2. The molecule has 4 heterocycles. The molecule has 0 radical (unpaired) electrons. The predicted molar refractivity (Wildman–Crippen MR) is 188 cm³/mol.